The molecule has 2 atom stereocenters. The largest absolute Gasteiger partial charge is 0.495 e. The summed E-state index contributed by atoms with van der Waals surface area (Å²) in [6.45, 7) is 3.19. The van der Waals surface area contributed by atoms with Gasteiger partial charge in [-0.2, -0.15) is 0 Å². The minimum absolute atomic E-state index is 0.0447. The molecule has 0 heterocycles. The Balaban J connectivity index is 1.83. The number of carbonyl (C=O) groups is 1. The molecule has 0 aliphatic carbocycles. The molecule has 0 saturated carbocycles. The van der Waals surface area contributed by atoms with Gasteiger partial charge in [-0.15, -0.1) is 0 Å². The van der Waals surface area contributed by atoms with Gasteiger partial charge in [-0.1, -0.05) is 30.3 Å². The predicted molar refractivity (Wildman–Crippen MR) is 94.8 cm³/mol. The normalized spacial score (nSPS) is 13.0. The summed E-state index contributed by atoms with van der Waals surface area (Å²) in [6, 6.07) is 16.9. The van der Waals surface area contributed by atoms with E-state index >= 15 is 0 Å². The lowest BCUT2D eigenvalue weighted by molar-refractivity contribution is -0.894. The molecule has 2 aromatic rings. The monoisotopic (exact) mass is 329 g/mol. The minimum atomic E-state index is -0.200. The van der Waals surface area contributed by atoms with Crippen LogP contribution in [0, 0.1) is 0 Å². The van der Waals surface area contributed by atoms with E-state index in [9.17, 15) is 4.79 Å². The van der Waals surface area contributed by atoms with Gasteiger partial charge in [-0.05, 0) is 31.2 Å². The molecule has 2 aromatic carbocycles. The molecular weight excluding hydrogens is 304 g/mol. The topological polar surface area (TPSA) is 52.0 Å². The number of nitrogens with one attached hydrogen (secondary N) is 2. The van der Waals surface area contributed by atoms with Gasteiger partial charge in [0.2, 0.25) is 0 Å². The van der Waals surface area contributed by atoms with Gasteiger partial charge in [-0.25, -0.2) is 0 Å². The fourth-order valence-corrected chi connectivity index (χ4v) is 2.28. The van der Waals surface area contributed by atoms with Gasteiger partial charge in [-0.3, -0.25) is 4.79 Å². The molecule has 1 amide bonds. The molecule has 128 valence electrons. The fourth-order valence-electron chi connectivity index (χ4n) is 2.28. The molecule has 0 aromatic heterocycles. The lowest BCUT2D eigenvalue weighted by atomic mass is 10.2. The van der Waals surface area contributed by atoms with Crippen molar-refractivity contribution in [3.8, 4) is 11.5 Å². The van der Waals surface area contributed by atoms with Crippen molar-refractivity contribution in [3.63, 3.8) is 0 Å². The molecule has 24 heavy (non-hydrogen) atoms. The van der Waals surface area contributed by atoms with Crippen LogP contribution in [-0.2, 0) is 4.79 Å². The number of benzene rings is 2. The number of likely N-dealkylation sites (N-methyl/N-ethyl adjacent to an activating group) is 1. The van der Waals surface area contributed by atoms with Gasteiger partial charge in [0.1, 0.15) is 24.7 Å². The molecule has 1 unspecified atom stereocenters. The van der Waals surface area contributed by atoms with Crippen molar-refractivity contribution in [1.29, 1.82) is 0 Å². The number of amides is 1. The minimum Gasteiger partial charge on any atom is -0.495 e. The number of hydrogen-bond donors (Lipinski definition) is 2. The number of anilines is 1. The van der Waals surface area contributed by atoms with E-state index in [0.29, 0.717) is 18.0 Å². The third kappa shape index (κ3) is 4.99. The van der Waals surface area contributed by atoms with Crippen LogP contribution in [0.4, 0.5) is 5.69 Å². The van der Waals surface area contributed by atoms with Gasteiger partial charge in [0.25, 0.3) is 5.91 Å². The molecule has 2 rings (SSSR count). The Morgan fingerprint density at radius 1 is 1.12 bits per heavy atom. The average Bonchev–Trinajstić information content (AvgIpc) is 2.62. The molecule has 0 spiro atoms. The lowest BCUT2D eigenvalue weighted by Crippen LogP contribution is -3.14. The van der Waals surface area contributed by atoms with E-state index in [1.54, 1.807) is 7.11 Å². The smallest absolute Gasteiger partial charge is 0.282 e. The SMILES string of the molecule is COc1ccccc1NC(=O)[C@H](C)[NH+](C)CCOc1ccccc1. The maximum atomic E-state index is 12.4. The Morgan fingerprint density at radius 2 is 1.79 bits per heavy atom. The van der Waals surface area contributed by atoms with Gasteiger partial charge in [0, 0.05) is 0 Å². The summed E-state index contributed by atoms with van der Waals surface area (Å²) >= 11 is 0. The molecule has 0 aliphatic heterocycles. The summed E-state index contributed by atoms with van der Waals surface area (Å²) < 4.78 is 10.9. The average molecular weight is 329 g/mol. The second-order valence-corrected chi connectivity index (χ2v) is 5.67. The molecule has 5 nitrogen and oxygen atoms in total. The summed E-state index contributed by atoms with van der Waals surface area (Å²) in [7, 11) is 3.58. The van der Waals surface area contributed by atoms with Crippen molar-refractivity contribution in [1.82, 2.24) is 0 Å². The van der Waals surface area contributed by atoms with Crippen LogP contribution < -0.4 is 19.7 Å². The van der Waals surface area contributed by atoms with Crippen LogP contribution in [0.1, 0.15) is 6.92 Å². The Kier molecular flexibility index (Phi) is 6.63. The molecule has 0 fully saturated rings. The van der Waals surface area contributed by atoms with Crippen molar-refractivity contribution >= 4 is 11.6 Å². The Labute approximate surface area is 143 Å². The Bertz CT molecular complexity index is 646. The maximum absolute atomic E-state index is 12.4. The van der Waals surface area contributed by atoms with Gasteiger partial charge in [0.05, 0.1) is 19.8 Å². The van der Waals surface area contributed by atoms with E-state index in [2.05, 4.69) is 5.32 Å². The van der Waals surface area contributed by atoms with Crippen molar-refractivity contribution < 1.29 is 19.2 Å². The molecule has 0 saturated heterocycles. The number of ether oxygens (including phenoxy) is 2. The first-order valence-electron chi connectivity index (χ1n) is 8.06. The highest BCUT2D eigenvalue weighted by atomic mass is 16.5. The Hall–Kier alpha value is -2.53. The van der Waals surface area contributed by atoms with Crippen LogP contribution in [0.3, 0.4) is 0 Å². The van der Waals surface area contributed by atoms with Crippen molar-refractivity contribution in [3.05, 3.63) is 54.6 Å². The molecule has 5 heteroatoms. The third-order valence-electron chi connectivity index (χ3n) is 4.01. The zero-order chi connectivity index (χ0) is 17.4. The third-order valence-corrected chi connectivity index (χ3v) is 4.01. The standard InChI is InChI=1S/C19H24N2O3/c1-15(19(22)20-17-11-7-8-12-18(17)23-3)21(2)13-14-24-16-9-5-4-6-10-16/h4-12,15H,13-14H2,1-3H3,(H,20,22)/p+1/t15-/m0/s1. The van der Waals surface area contributed by atoms with Crippen LogP contribution in [0.25, 0.3) is 0 Å². The van der Waals surface area contributed by atoms with Gasteiger partial charge in [0.15, 0.2) is 6.04 Å². The van der Waals surface area contributed by atoms with E-state index in [1.165, 1.54) is 0 Å². The first kappa shape index (κ1) is 17.8. The van der Waals surface area contributed by atoms with E-state index in [1.807, 2.05) is 68.6 Å². The second-order valence-electron chi connectivity index (χ2n) is 5.67. The van der Waals surface area contributed by atoms with Gasteiger partial charge < -0.3 is 19.7 Å². The molecule has 0 bridgehead atoms. The molecule has 2 N–H and O–H groups in total. The molecular formula is C19H25N2O3+. The first-order chi connectivity index (χ1) is 11.6. The van der Waals surface area contributed by atoms with E-state index in [4.69, 9.17) is 9.47 Å². The van der Waals surface area contributed by atoms with Crippen molar-refractivity contribution in [2.24, 2.45) is 0 Å². The number of methoxy groups -OCH3 is 1. The van der Waals surface area contributed by atoms with Gasteiger partial charge >= 0.3 is 0 Å². The second kappa shape index (κ2) is 8.93. The van der Waals surface area contributed by atoms with Crippen LogP contribution >= 0.6 is 0 Å². The van der Waals surface area contributed by atoms with Crippen molar-refractivity contribution in [2.75, 3.05) is 32.6 Å². The highest BCUT2D eigenvalue weighted by Gasteiger charge is 2.22. The summed E-state index contributed by atoms with van der Waals surface area (Å²) in [4.78, 5) is 13.5. The Morgan fingerprint density at radius 3 is 2.50 bits per heavy atom. The maximum Gasteiger partial charge on any atom is 0.282 e. The number of rotatable bonds is 8. The summed E-state index contributed by atoms with van der Waals surface area (Å²) in [5, 5.41) is 2.92. The molecule has 0 aliphatic rings. The highest BCUT2D eigenvalue weighted by Crippen LogP contribution is 2.22. The predicted octanol–water partition coefficient (Wildman–Crippen LogP) is 1.62. The zero-order valence-electron chi connectivity index (χ0n) is 14.4. The van der Waals surface area contributed by atoms with Crippen LogP contribution in [0.5, 0.6) is 11.5 Å². The highest BCUT2D eigenvalue weighted by molar-refractivity contribution is 5.94. The summed E-state index contributed by atoms with van der Waals surface area (Å²) in [5.41, 5.74) is 0.685. The zero-order valence-corrected chi connectivity index (χ0v) is 14.4. The summed E-state index contributed by atoms with van der Waals surface area (Å²) in [6.07, 6.45) is 0. The number of carbonyl (C=O) groups excluding carboxylic acids is 1. The fraction of sp³-hybridized carbons (Fsp3) is 0.316. The van der Waals surface area contributed by atoms with E-state index in [-0.39, 0.29) is 11.9 Å². The number of quaternary nitrogens is 1. The van der Waals surface area contributed by atoms with Crippen LogP contribution in [0.2, 0.25) is 0 Å². The number of hydrogen-bond acceptors (Lipinski definition) is 3. The quantitative estimate of drug-likeness (QED) is 0.774. The van der Waals surface area contributed by atoms with Crippen LogP contribution in [-0.4, -0.2) is 39.3 Å². The first-order valence-corrected chi connectivity index (χ1v) is 8.06. The lowest BCUT2D eigenvalue weighted by Gasteiger charge is -2.21. The van der Waals surface area contributed by atoms with E-state index in [0.717, 1.165) is 17.2 Å². The van der Waals surface area contributed by atoms with Crippen LogP contribution in [0.15, 0.2) is 54.6 Å². The van der Waals surface area contributed by atoms with Crippen molar-refractivity contribution in [2.45, 2.75) is 13.0 Å². The molecule has 0 radical (unpaired) electrons. The van der Waals surface area contributed by atoms with E-state index < -0.39 is 0 Å². The summed E-state index contributed by atoms with van der Waals surface area (Å²) in [5.74, 6) is 1.45. The number of para-hydroxylation sites is 3.